The molecule has 0 N–H and O–H groups in total. The molecular weight excluding hydrogens is 352 g/mol. The normalized spacial score (nSPS) is 10.8. The quantitative estimate of drug-likeness (QED) is 0.652. The molecule has 7 heteroatoms. The molecule has 2 heterocycles. The highest BCUT2D eigenvalue weighted by Crippen LogP contribution is 2.33. The molecule has 0 aliphatic carbocycles. The van der Waals surface area contributed by atoms with Gasteiger partial charge in [0.2, 0.25) is 5.88 Å². The summed E-state index contributed by atoms with van der Waals surface area (Å²) in [6.07, 6.45) is 2.49. The molecule has 3 rings (SSSR count). The zero-order valence-electron chi connectivity index (χ0n) is 9.34. The number of fused-ring (bicyclic) bond motifs is 1. The average molecular weight is 358 g/mol. The number of ether oxygens (including phenoxy) is 1. The summed E-state index contributed by atoms with van der Waals surface area (Å²) in [6.45, 7) is 0. The van der Waals surface area contributed by atoms with Gasteiger partial charge in [-0.25, -0.2) is 0 Å². The highest BCUT2D eigenvalue weighted by atomic mass is 79.9. The zero-order chi connectivity index (χ0) is 13.4. The Morgan fingerprint density at radius 3 is 3.11 bits per heavy atom. The highest BCUT2D eigenvalue weighted by molar-refractivity contribution is 9.10. The first-order valence-electron chi connectivity index (χ1n) is 5.22. The van der Waals surface area contributed by atoms with Crippen LogP contribution in [0, 0.1) is 0 Å². The van der Waals surface area contributed by atoms with Gasteiger partial charge in [-0.05, 0) is 18.2 Å². The first-order chi connectivity index (χ1) is 9.19. The third-order valence-electron chi connectivity index (χ3n) is 2.48. The standard InChI is InChI=1S/C12H6BrClN2O2S/c13-7-1-2-8(14)10(5-7)18-11-9(6-17)16-3-4-19-12(16)15-11/h1-6H. The second-order valence-electron chi connectivity index (χ2n) is 3.65. The Morgan fingerprint density at radius 2 is 2.32 bits per heavy atom. The summed E-state index contributed by atoms with van der Waals surface area (Å²) in [6, 6.07) is 5.24. The van der Waals surface area contributed by atoms with Crippen LogP contribution in [0.1, 0.15) is 10.5 Å². The number of hydrogen-bond donors (Lipinski definition) is 0. The number of rotatable bonds is 3. The third kappa shape index (κ3) is 2.27. The van der Waals surface area contributed by atoms with Gasteiger partial charge in [0.1, 0.15) is 5.75 Å². The fourth-order valence-electron chi connectivity index (χ4n) is 1.63. The van der Waals surface area contributed by atoms with Gasteiger partial charge < -0.3 is 4.74 Å². The molecule has 0 spiro atoms. The van der Waals surface area contributed by atoms with Crippen LogP contribution in [0.15, 0.2) is 34.2 Å². The monoisotopic (exact) mass is 356 g/mol. The van der Waals surface area contributed by atoms with Crippen molar-refractivity contribution >= 4 is 50.1 Å². The van der Waals surface area contributed by atoms with E-state index in [0.29, 0.717) is 27.7 Å². The zero-order valence-corrected chi connectivity index (χ0v) is 12.5. The van der Waals surface area contributed by atoms with E-state index in [2.05, 4.69) is 20.9 Å². The van der Waals surface area contributed by atoms with Crippen molar-refractivity contribution in [3.63, 3.8) is 0 Å². The van der Waals surface area contributed by atoms with E-state index < -0.39 is 0 Å². The molecule has 0 radical (unpaired) electrons. The number of halogens is 2. The summed E-state index contributed by atoms with van der Waals surface area (Å²) in [5.74, 6) is 0.701. The van der Waals surface area contributed by atoms with Crippen molar-refractivity contribution in [2.45, 2.75) is 0 Å². The van der Waals surface area contributed by atoms with Crippen LogP contribution in [-0.4, -0.2) is 15.7 Å². The van der Waals surface area contributed by atoms with Gasteiger partial charge in [-0.1, -0.05) is 27.5 Å². The molecule has 96 valence electrons. The number of thiazole rings is 1. The number of imidazole rings is 1. The molecule has 1 aromatic carbocycles. The molecule has 0 atom stereocenters. The SMILES string of the molecule is O=Cc1c(Oc2cc(Br)ccc2Cl)nc2sccn12. The minimum Gasteiger partial charge on any atom is -0.435 e. The first kappa shape index (κ1) is 12.7. The second kappa shape index (κ2) is 4.96. The second-order valence-corrected chi connectivity index (χ2v) is 5.85. The van der Waals surface area contributed by atoms with Gasteiger partial charge in [-0.2, -0.15) is 4.98 Å². The van der Waals surface area contributed by atoms with Crippen molar-refractivity contribution in [1.82, 2.24) is 9.38 Å². The van der Waals surface area contributed by atoms with Crippen molar-refractivity contribution in [2.75, 3.05) is 0 Å². The molecule has 0 fully saturated rings. The van der Waals surface area contributed by atoms with Crippen LogP contribution in [-0.2, 0) is 0 Å². The number of aldehydes is 1. The first-order valence-corrected chi connectivity index (χ1v) is 7.28. The van der Waals surface area contributed by atoms with Gasteiger partial charge in [0.05, 0.1) is 5.02 Å². The van der Waals surface area contributed by atoms with Crippen molar-refractivity contribution in [2.24, 2.45) is 0 Å². The predicted octanol–water partition coefficient (Wildman–Crippen LogP) is 4.42. The van der Waals surface area contributed by atoms with Crippen LogP contribution in [0.5, 0.6) is 11.6 Å². The van der Waals surface area contributed by atoms with Crippen LogP contribution in [0.4, 0.5) is 0 Å². The maximum absolute atomic E-state index is 11.2. The van der Waals surface area contributed by atoms with E-state index in [4.69, 9.17) is 16.3 Å². The highest BCUT2D eigenvalue weighted by Gasteiger charge is 2.15. The van der Waals surface area contributed by atoms with E-state index in [0.717, 1.165) is 4.47 Å². The minimum absolute atomic E-state index is 0.252. The molecule has 0 unspecified atom stereocenters. The summed E-state index contributed by atoms with van der Waals surface area (Å²) in [5.41, 5.74) is 0.368. The van der Waals surface area contributed by atoms with E-state index in [1.807, 2.05) is 11.4 Å². The fraction of sp³-hybridized carbons (Fsp3) is 0. The molecule has 19 heavy (non-hydrogen) atoms. The summed E-state index contributed by atoms with van der Waals surface area (Å²) >= 11 is 10.8. The Balaban J connectivity index is 2.07. The fourth-order valence-corrected chi connectivity index (χ4v) is 2.83. The molecule has 4 nitrogen and oxygen atoms in total. The summed E-state index contributed by atoms with van der Waals surface area (Å²) in [5, 5.41) is 2.31. The van der Waals surface area contributed by atoms with Crippen LogP contribution in [0.3, 0.4) is 0 Å². The summed E-state index contributed by atoms with van der Waals surface area (Å²) in [4.78, 5) is 16.1. The molecule has 2 aromatic heterocycles. The van der Waals surface area contributed by atoms with E-state index in [1.54, 1.807) is 22.7 Å². The molecule has 0 aliphatic rings. The Hall–Kier alpha value is -1.37. The van der Waals surface area contributed by atoms with Crippen molar-refractivity contribution in [3.05, 3.63) is 45.0 Å². The van der Waals surface area contributed by atoms with Crippen molar-refractivity contribution < 1.29 is 9.53 Å². The minimum atomic E-state index is 0.252. The number of aromatic nitrogens is 2. The number of hydrogen-bond acceptors (Lipinski definition) is 4. The summed E-state index contributed by atoms with van der Waals surface area (Å²) < 4.78 is 8.15. The third-order valence-corrected chi connectivity index (χ3v) is 4.04. The molecule has 3 aromatic rings. The lowest BCUT2D eigenvalue weighted by atomic mass is 10.3. The van der Waals surface area contributed by atoms with E-state index in [1.165, 1.54) is 11.3 Å². The number of carbonyl (C=O) groups is 1. The molecule has 0 amide bonds. The van der Waals surface area contributed by atoms with Gasteiger partial charge >= 0.3 is 0 Å². The number of carbonyl (C=O) groups excluding carboxylic acids is 1. The maximum Gasteiger partial charge on any atom is 0.250 e. The van der Waals surface area contributed by atoms with E-state index in [9.17, 15) is 4.79 Å². The molecular formula is C12H6BrClN2O2S. The molecule has 0 aliphatic heterocycles. The van der Waals surface area contributed by atoms with Crippen molar-refractivity contribution in [3.8, 4) is 11.6 Å². The van der Waals surface area contributed by atoms with Gasteiger partial charge in [0, 0.05) is 16.0 Å². The lowest BCUT2D eigenvalue weighted by molar-refractivity contribution is 0.111. The predicted molar refractivity (Wildman–Crippen MR) is 77.7 cm³/mol. The van der Waals surface area contributed by atoms with Crippen LogP contribution in [0.25, 0.3) is 4.96 Å². The van der Waals surface area contributed by atoms with Gasteiger partial charge in [-0.15, -0.1) is 11.3 Å². The van der Waals surface area contributed by atoms with Crippen LogP contribution in [0.2, 0.25) is 5.02 Å². The average Bonchev–Trinajstić information content (AvgIpc) is 2.94. The van der Waals surface area contributed by atoms with Crippen molar-refractivity contribution in [1.29, 1.82) is 0 Å². The van der Waals surface area contributed by atoms with Gasteiger partial charge in [0.15, 0.2) is 16.9 Å². The Morgan fingerprint density at radius 1 is 1.47 bits per heavy atom. The Kier molecular flexibility index (Phi) is 3.30. The lowest BCUT2D eigenvalue weighted by Gasteiger charge is -2.05. The van der Waals surface area contributed by atoms with E-state index >= 15 is 0 Å². The topological polar surface area (TPSA) is 43.6 Å². The summed E-state index contributed by atoms with van der Waals surface area (Å²) in [7, 11) is 0. The maximum atomic E-state index is 11.2. The molecule has 0 bridgehead atoms. The number of nitrogens with zero attached hydrogens (tertiary/aromatic N) is 2. The van der Waals surface area contributed by atoms with Crippen LogP contribution < -0.4 is 4.74 Å². The smallest absolute Gasteiger partial charge is 0.250 e. The van der Waals surface area contributed by atoms with Crippen LogP contribution >= 0.6 is 38.9 Å². The van der Waals surface area contributed by atoms with Gasteiger partial charge in [0.25, 0.3) is 0 Å². The van der Waals surface area contributed by atoms with E-state index in [-0.39, 0.29) is 5.88 Å². The Labute approximate surface area is 125 Å². The van der Waals surface area contributed by atoms with Gasteiger partial charge in [-0.3, -0.25) is 9.20 Å². The molecule has 0 saturated heterocycles. The molecule has 0 saturated carbocycles. The lowest BCUT2D eigenvalue weighted by Crippen LogP contribution is -1.92. The largest absolute Gasteiger partial charge is 0.435 e. The Bertz CT molecular complexity index is 768. The number of benzene rings is 1.